The number of carbonyl (C=O) groups is 2. The maximum atomic E-state index is 13.1. The molecule has 0 saturated carbocycles. The molecule has 1 heterocycles. The zero-order valence-corrected chi connectivity index (χ0v) is 23.8. The Bertz CT molecular complexity index is 719. The van der Waals surface area contributed by atoms with Crippen LogP contribution in [0.25, 0.3) is 0 Å². The summed E-state index contributed by atoms with van der Waals surface area (Å²) in [5.74, 6) is 0.0153. The molecule has 4 heteroatoms. The fourth-order valence-electron chi connectivity index (χ4n) is 5.25. The molecule has 0 saturated heterocycles. The first-order valence-electron chi connectivity index (χ1n) is 14.8. The minimum Gasteiger partial charge on any atom is -0.466 e. The third-order valence-electron chi connectivity index (χ3n) is 7.25. The predicted octanol–water partition coefficient (Wildman–Crippen LogP) is 9.06. The lowest BCUT2D eigenvalue weighted by atomic mass is 9.99. The van der Waals surface area contributed by atoms with Gasteiger partial charge >= 0.3 is 5.97 Å². The summed E-state index contributed by atoms with van der Waals surface area (Å²) in [5.41, 5.74) is 3.76. The third kappa shape index (κ3) is 12.3. The van der Waals surface area contributed by atoms with Crippen molar-refractivity contribution in [1.82, 2.24) is 4.57 Å². The van der Waals surface area contributed by atoms with Gasteiger partial charge in [-0.3, -0.25) is 9.59 Å². The number of rotatable bonds is 22. The van der Waals surface area contributed by atoms with Crippen LogP contribution in [-0.2, 0) is 22.5 Å². The van der Waals surface area contributed by atoms with Crippen molar-refractivity contribution in [3.63, 3.8) is 0 Å². The highest BCUT2D eigenvalue weighted by Crippen LogP contribution is 2.26. The Morgan fingerprint density at radius 1 is 0.686 bits per heavy atom. The minimum absolute atomic E-state index is 0.216. The number of hydrogen-bond acceptors (Lipinski definition) is 3. The molecule has 0 spiro atoms. The van der Waals surface area contributed by atoms with E-state index < -0.39 is 0 Å². The molecule has 0 unspecified atom stereocenters. The van der Waals surface area contributed by atoms with E-state index in [9.17, 15) is 9.59 Å². The lowest BCUT2D eigenvalue weighted by Crippen LogP contribution is -2.13. The number of esters is 1. The van der Waals surface area contributed by atoms with Crippen molar-refractivity contribution in [3.8, 4) is 0 Å². The molecule has 202 valence electrons. The fraction of sp³-hybridized carbons (Fsp3) is 0.806. The van der Waals surface area contributed by atoms with Crippen molar-refractivity contribution in [2.75, 3.05) is 6.61 Å². The first kappa shape index (κ1) is 31.4. The average molecular weight is 490 g/mol. The molecular formula is C31H55NO3. The second-order valence-electron chi connectivity index (χ2n) is 10.3. The summed E-state index contributed by atoms with van der Waals surface area (Å²) in [7, 11) is 0. The molecule has 1 rings (SSSR count). The number of ether oxygens (including phenoxy) is 1. The quantitative estimate of drug-likeness (QED) is 0.0927. The van der Waals surface area contributed by atoms with Gasteiger partial charge in [-0.15, -0.1) is 0 Å². The lowest BCUT2D eigenvalue weighted by molar-refractivity contribution is -0.142. The average Bonchev–Trinajstić information content (AvgIpc) is 3.05. The van der Waals surface area contributed by atoms with E-state index in [0.29, 0.717) is 13.0 Å². The van der Waals surface area contributed by atoms with Crippen molar-refractivity contribution in [3.05, 3.63) is 22.5 Å². The molecule has 0 atom stereocenters. The fourth-order valence-corrected chi connectivity index (χ4v) is 5.25. The van der Waals surface area contributed by atoms with Gasteiger partial charge in [0.05, 0.1) is 13.0 Å². The number of Topliss-reactive ketones (excluding diaryl/α,β-unsaturated/α-hetero) is 1. The zero-order valence-electron chi connectivity index (χ0n) is 23.8. The molecule has 0 radical (unpaired) electrons. The van der Waals surface area contributed by atoms with Gasteiger partial charge in [-0.25, -0.2) is 0 Å². The number of aromatic nitrogens is 1. The Morgan fingerprint density at radius 3 is 1.63 bits per heavy atom. The number of ketones is 1. The highest BCUT2D eigenvalue weighted by Gasteiger charge is 2.23. The Labute approximate surface area is 216 Å². The van der Waals surface area contributed by atoms with Crippen LogP contribution >= 0.6 is 0 Å². The molecule has 0 aliphatic heterocycles. The second-order valence-corrected chi connectivity index (χ2v) is 10.3. The summed E-state index contributed by atoms with van der Waals surface area (Å²) in [6.07, 6.45) is 21.7. The Balaban J connectivity index is 2.28. The summed E-state index contributed by atoms with van der Waals surface area (Å²) in [4.78, 5) is 25.2. The SMILES string of the molecule is CCCCCCCCCCCCCCCCCC(=O)c1c(C)c(CC(=O)OCC)n(CCC)c1C. The van der Waals surface area contributed by atoms with E-state index in [1.165, 1.54) is 83.5 Å². The molecule has 0 aromatic carbocycles. The molecular weight excluding hydrogens is 434 g/mol. The topological polar surface area (TPSA) is 48.3 Å². The molecule has 4 nitrogen and oxygen atoms in total. The number of hydrogen-bond donors (Lipinski definition) is 0. The molecule has 0 fully saturated rings. The second kappa shape index (κ2) is 19.6. The normalized spacial score (nSPS) is 11.2. The van der Waals surface area contributed by atoms with Crippen LogP contribution in [0.5, 0.6) is 0 Å². The first-order chi connectivity index (χ1) is 17.0. The van der Waals surface area contributed by atoms with Gasteiger partial charge in [0.1, 0.15) is 0 Å². The number of nitrogens with zero attached hydrogens (tertiary/aromatic N) is 1. The van der Waals surface area contributed by atoms with Crippen molar-refractivity contribution in [1.29, 1.82) is 0 Å². The largest absolute Gasteiger partial charge is 0.466 e. The molecule has 1 aromatic heterocycles. The van der Waals surface area contributed by atoms with E-state index in [1.807, 2.05) is 20.8 Å². The van der Waals surface area contributed by atoms with Crippen LogP contribution < -0.4 is 0 Å². The summed E-state index contributed by atoms with van der Waals surface area (Å²) in [6.45, 7) is 11.5. The van der Waals surface area contributed by atoms with Gasteiger partial charge < -0.3 is 9.30 Å². The Hall–Kier alpha value is -1.58. The van der Waals surface area contributed by atoms with Gasteiger partial charge in [0.15, 0.2) is 5.78 Å². The van der Waals surface area contributed by atoms with E-state index in [4.69, 9.17) is 4.74 Å². The predicted molar refractivity (Wildman–Crippen MR) is 148 cm³/mol. The van der Waals surface area contributed by atoms with Gasteiger partial charge in [0, 0.05) is 29.9 Å². The van der Waals surface area contributed by atoms with Crippen LogP contribution in [0, 0.1) is 13.8 Å². The Morgan fingerprint density at radius 2 is 1.17 bits per heavy atom. The monoisotopic (exact) mass is 489 g/mol. The molecule has 0 aliphatic carbocycles. The van der Waals surface area contributed by atoms with Crippen molar-refractivity contribution < 1.29 is 14.3 Å². The van der Waals surface area contributed by atoms with Crippen molar-refractivity contribution in [2.45, 2.75) is 157 Å². The Kier molecular flexibility index (Phi) is 17.6. The number of unbranched alkanes of at least 4 members (excludes halogenated alkanes) is 14. The molecule has 35 heavy (non-hydrogen) atoms. The van der Waals surface area contributed by atoms with E-state index >= 15 is 0 Å². The molecule has 1 aromatic rings. The summed E-state index contributed by atoms with van der Waals surface area (Å²) in [5, 5.41) is 0. The maximum Gasteiger partial charge on any atom is 0.311 e. The highest BCUT2D eigenvalue weighted by molar-refractivity contribution is 5.99. The van der Waals surface area contributed by atoms with Gasteiger partial charge in [-0.05, 0) is 39.2 Å². The maximum absolute atomic E-state index is 13.1. The van der Waals surface area contributed by atoms with E-state index in [0.717, 1.165) is 48.3 Å². The summed E-state index contributed by atoms with van der Waals surface area (Å²) in [6, 6.07) is 0. The molecule has 0 amide bonds. The van der Waals surface area contributed by atoms with Gasteiger partial charge in [-0.1, -0.05) is 104 Å². The van der Waals surface area contributed by atoms with Crippen molar-refractivity contribution in [2.24, 2.45) is 0 Å². The standard InChI is InChI=1S/C31H55NO3/c1-6-9-10-11-12-13-14-15-16-17-18-19-20-21-22-23-29(33)31-26(4)28(25-30(34)35-8-3)32(24-7-2)27(31)5/h6-25H2,1-5H3. The van der Waals surface area contributed by atoms with Crippen LogP contribution in [0.2, 0.25) is 0 Å². The van der Waals surface area contributed by atoms with Gasteiger partial charge in [-0.2, -0.15) is 0 Å². The van der Waals surface area contributed by atoms with E-state index in [1.54, 1.807) is 0 Å². The number of carbonyl (C=O) groups excluding carboxylic acids is 2. The smallest absolute Gasteiger partial charge is 0.311 e. The molecule has 0 bridgehead atoms. The van der Waals surface area contributed by atoms with Crippen LogP contribution in [0.15, 0.2) is 0 Å². The highest BCUT2D eigenvalue weighted by atomic mass is 16.5. The zero-order chi connectivity index (χ0) is 25.9. The van der Waals surface area contributed by atoms with Crippen LogP contribution in [0.4, 0.5) is 0 Å². The molecule has 0 N–H and O–H groups in total. The van der Waals surface area contributed by atoms with Crippen LogP contribution in [0.3, 0.4) is 0 Å². The van der Waals surface area contributed by atoms with Gasteiger partial charge in [0.2, 0.25) is 0 Å². The van der Waals surface area contributed by atoms with E-state index in [-0.39, 0.29) is 18.2 Å². The minimum atomic E-state index is -0.216. The summed E-state index contributed by atoms with van der Waals surface area (Å²) < 4.78 is 7.33. The lowest BCUT2D eigenvalue weighted by Gasteiger charge is -2.10. The molecule has 0 aliphatic rings. The van der Waals surface area contributed by atoms with Crippen LogP contribution in [0.1, 0.15) is 157 Å². The van der Waals surface area contributed by atoms with Gasteiger partial charge in [0.25, 0.3) is 0 Å². The third-order valence-corrected chi connectivity index (χ3v) is 7.25. The van der Waals surface area contributed by atoms with Crippen molar-refractivity contribution >= 4 is 11.8 Å². The first-order valence-corrected chi connectivity index (χ1v) is 14.8. The summed E-state index contributed by atoms with van der Waals surface area (Å²) >= 11 is 0. The van der Waals surface area contributed by atoms with E-state index in [2.05, 4.69) is 18.4 Å². The van der Waals surface area contributed by atoms with Crippen LogP contribution in [-0.4, -0.2) is 22.9 Å².